The SMILES string of the molecule is Cc1cc(CNC(=O)NC[C@@H]2CCCO2)c(C)n1-c1ccc(Cl)cc1. The lowest BCUT2D eigenvalue weighted by atomic mass is 10.2. The molecule has 1 atom stereocenters. The number of ether oxygens (including phenoxy) is 1. The van der Waals surface area contributed by atoms with Gasteiger partial charge in [-0.1, -0.05) is 11.6 Å². The number of hydrogen-bond donors (Lipinski definition) is 2. The maximum absolute atomic E-state index is 12.0. The van der Waals surface area contributed by atoms with Crippen molar-refractivity contribution in [1.29, 1.82) is 0 Å². The molecule has 2 amide bonds. The molecule has 1 aliphatic heterocycles. The van der Waals surface area contributed by atoms with Crippen LogP contribution in [0.3, 0.4) is 0 Å². The molecule has 0 aliphatic carbocycles. The van der Waals surface area contributed by atoms with Gasteiger partial charge in [0.2, 0.25) is 0 Å². The number of carbonyl (C=O) groups is 1. The molecule has 2 aromatic rings. The fraction of sp³-hybridized carbons (Fsp3) is 0.421. The number of amides is 2. The number of aromatic nitrogens is 1. The first kappa shape index (κ1) is 17.8. The van der Waals surface area contributed by atoms with Crippen molar-refractivity contribution in [3.63, 3.8) is 0 Å². The van der Waals surface area contributed by atoms with Crippen LogP contribution < -0.4 is 10.6 Å². The number of urea groups is 1. The Morgan fingerprint density at radius 2 is 2.04 bits per heavy atom. The zero-order valence-corrected chi connectivity index (χ0v) is 15.4. The lowest BCUT2D eigenvalue weighted by Gasteiger charge is -2.12. The summed E-state index contributed by atoms with van der Waals surface area (Å²) >= 11 is 5.97. The quantitative estimate of drug-likeness (QED) is 0.852. The Labute approximate surface area is 153 Å². The van der Waals surface area contributed by atoms with Crippen molar-refractivity contribution in [3.05, 3.63) is 52.3 Å². The van der Waals surface area contributed by atoms with Crippen LogP contribution in [0.4, 0.5) is 4.79 Å². The molecule has 0 unspecified atom stereocenters. The third-order valence-electron chi connectivity index (χ3n) is 4.57. The number of nitrogens with zero attached hydrogens (tertiary/aromatic N) is 1. The van der Waals surface area contributed by atoms with E-state index in [-0.39, 0.29) is 12.1 Å². The van der Waals surface area contributed by atoms with Crippen LogP contribution in [-0.2, 0) is 11.3 Å². The zero-order chi connectivity index (χ0) is 17.8. The van der Waals surface area contributed by atoms with Crippen LogP contribution in [0.2, 0.25) is 5.02 Å². The van der Waals surface area contributed by atoms with Crippen LogP contribution in [-0.4, -0.2) is 29.9 Å². The summed E-state index contributed by atoms with van der Waals surface area (Å²) in [7, 11) is 0. The van der Waals surface area contributed by atoms with E-state index < -0.39 is 0 Å². The molecule has 1 fully saturated rings. The number of carbonyl (C=O) groups excluding carboxylic acids is 1. The van der Waals surface area contributed by atoms with Gasteiger partial charge in [0, 0.05) is 41.8 Å². The van der Waals surface area contributed by atoms with E-state index in [9.17, 15) is 4.79 Å². The fourth-order valence-corrected chi connectivity index (χ4v) is 3.37. The average Bonchev–Trinajstić information content (AvgIpc) is 3.20. The molecule has 1 aromatic heterocycles. The Balaban J connectivity index is 1.60. The van der Waals surface area contributed by atoms with Crippen LogP contribution in [0.1, 0.15) is 29.8 Å². The second-order valence-corrected chi connectivity index (χ2v) is 6.84. The lowest BCUT2D eigenvalue weighted by Crippen LogP contribution is -2.39. The van der Waals surface area contributed by atoms with Gasteiger partial charge in [0.15, 0.2) is 0 Å². The Morgan fingerprint density at radius 1 is 1.28 bits per heavy atom. The number of halogens is 1. The van der Waals surface area contributed by atoms with Gasteiger partial charge >= 0.3 is 6.03 Å². The number of benzene rings is 1. The normalized spacial score (nSPS) is 16.8. The molecule has 2 N–H and O–H groups in total. The van der Waals surface area contributed by atoms with Gasteiger partial charge in [-0.15, -0.1) is 0 Å². The summed E-state index contributed by atoms with van der Waals surface area (Å²) in [6.07, 6.45) is 2.24. The summed E-state index contributed by atoms with van der Waals surface area (Å²) in [5, 5.41) is 6.52. The smallest absolute Gasteiger partial charge is 0.315 e. The summed E-state index contributed by atoms with van der Waals surface area (Å²) in [6, 6.07) is 9.69. The first-order valence-corrected chi connectivity index (χ1v) is 8.99. The molecule has 0 saturated carbocycles. The largest absolute Gasteiger partial charge is 0.376 e. The van der Waals surface area contributed by atoms with Gasteiger partial charge in [-0.25, -0.2) is 4.79 Å². The Morgan fingerprint density at radius 3 is 2.72 bits per heavy atom. The second kappa shape index (κ2) is 7.93. The van der Waals surface area contributed by atoms with Crippen LogP contribution >= 0.6 is 11.6 Å². The molecule has 134 valence electrons. The Kier molecular flexibility index (Phi) is 5.66. The van der Waals surface area contributed by atoms with Crippen LogP contribution in [0.25, 0.3) is 5.69 Å². The van der Waals surface area contributed by atoms with Crippen molar-refractivity contribution in [2.24, 2.45) is 0 Å². The molecule has 1 aliphatic rings. The van der Waals surface area contributed by atoms with Crippen LogP contribution in [0.15, 0.2) is 30.3 Å². The standard InChI is InChI=1S/C19H24ClN3O2/c1-13-10-15(11-21-19(24)22-12-18-4-3-9-25-18)14(2)23(13)17-7-5-16(20)6-8-17/h5-8,10,18H,3-4,9,11-12H2,1-2H3,(H2,21,22,24)/t18-/m0/s1. The predicted octanol–water partition coefficient (Wildman–Crippen LogP) is 3.73. The summed E-state index contributed by atoms with van der Waals surface area (Å²) in [6.45, 7) is 5.97. The molecule has 0 radical (unpaired) electrons. The fourth-order valence-electron chi connectivity index (χ4n) is 3.25. The minimum atomic E-state index is -0.160. The molecule has 3 rings (SSSR count). The third-order valence-corrected chi connectivity index (χ3v) is 4.83. The highest BCUT2D eigenvalue weighted by atomic mass is 35.5. The van der Waals surface area contributed by atoms with Gasteiger partial charge < -0.3 is 19.9 Å². The molecule has 6 heteroatoms. The van der Waals surface area contributed by atoms with E-state index in [1.165, 1.54) is 0 Å². The first-order valence-electron chi connectivity index (χ1n) is 8.61. The van der Waals surface area contributed by atoms with E-state index >= 15 is 0 Å². The van der Waals surface area contributed by atoms with Gasteiger partial charge in [-0.3, -0.25) is 0 Å². The zero-order valence-electron chi connectivity index (χ0n) is 14.6. The monoisotopic (exact) mass is 361 g/mol. The predicted molar refractivity (Wildman–Crippen MR) is 99.5 cm³/mol. The van der Waals surface area contributed by atoms with Crippen molar-refractivity contribution >= 4 is 17.6 Å². The molecule has 0 bridgehead atoms. The van der Waals surface area contributed by atoms with Crippen molar-refractivity contribution < 1.29 is 9.53 Å². The number of nitrogens with one attached hydrogen (secondary N) is 2. The second-order valence-electron chi connectivity index (χ2n) is 6.41. The van der Waals surface area contributed by atoms with E-state index in [1.807, 2.05) is 24.3 Å². The highest BCUT2D eigenvalue weighted by Crippen LogP contribution is 2.22. The average molecular weight is 362 g/mol. The van der Waals surface area contributed by atoms with Crippen molar-refractivity contribution in [2.45, 2.75) is 39.3 Å². The molecular weight excluding hydrogens is 338 g/mol. The van der Waals surface area contributed by atoms with Crippen molar-refractivity contribution in [3.8, 4) is 5.69 Å². The maximum atomic E-state index is 12.0. The lowest BCUT2D eigenvalue weighted by molar-refractivity contribution is 0.111. The summed E-state index contributed by atoms with van der Waals surface area (Å²) in [5.41, 5.74) is 4.39. The summed E-state index contributed by atoms with van der Waals surface area (Å²) < 4.78 is 7.67. The van der Waals surface area contributed by atoms with Gasteiger partial charge in [0.05, 0.1) is 6.10 Å². The van der Waals surface area contributed by atoms with Crippen molar-refractivity contribution in [2.75, 3.05) is 13.2 Å². The van der Waals surface area contributed by atoms with Gasteiger partial charge in [-0.2, -0.15) is 0 Å². The van der Waals surface area contributed by atoms with E-state index in [2.05, 4.69) is 35.1 Å². The molecule has 25 heavy (non-hydrogen) atoms. The molecule has 0 spiro atoms. The van der Waals surface area contributed by atoms with Crippen molar-refractivity contribution in [1.82, 2.24) is 15.2 Å². The summed E-state index contributed by atoms with van der Waals surface area (Å²) in [5.74, 6) is 0. The summed E-state index contributed by atoms with van der Waals surface area (Å²) in [4.78, 5) is 12.0. The molecule has 1 saturated heterocycles. The van der Waals surface area contributed by atoms with E-state index in [0.29, 0.717) is 13.1 Å². The van der Waals surface area contributed by atoms with Gasteiger partial charge in [0.25, 0.3) is 0 Å². The Hall–Kier alpha value is -1.98. The maximum Gasteiger partial charge on any atom is 0.315 e. The van der Waals surface area contributed by atoms with E-state index in [1.54, 1.807) is 0 Å². The molecule has 5 nitrogen and oxygen atoms in total. The first-order chi connectivity index (χ1) is 12.0. The topological polar surface area (TPSA) is 55.3 Å². The number of hydrogen-bond acceptors (Lipinski definition) is 2. The van der Waals surface area contributed by atoms with Crippen LogP contribution in [0.5, 0.6) is 0 Å². The minimum Gasteiger partial charge on any atom is -0.376 e. The number of rotatable bonds is 5. The van der Waals surface area contributed by atoms with E-state index in [4.69, 9.17) is 16.3 Å². The molecular formula is C19H24ClN3O2. The highest BCUT2D eigenvalue weighted by molar-refractivity contribution is 6.30. The minimum absolute atomic E-state index is 0.153. The third kappa shape index (κ3) is 4.35. The Bertz CT molecular complexity index is 734. The van der Waals surface area contributed by atoms with Crippen LogP contribution in [0, 0.1) is 13.8 Å². The number of aryl methyl sites for hydroxylation is 1. The highest BCUT2D eigenvalue weighted by Gasteiger charge is 2.16. The molecule has 2 heterocycles. The van der Waals surface area contributed by atoms with E-state index in [0.717, 1.165) is 47.1 Å². The van der Waals surface area contributed by atoms with Gasteiger partial charge in [-0.05, 0) is 62.6 Å². The van der Waals surface area contributed by atoms with Gasteiger partial charge in [0.1, 0.15) is 0 Å². The molecule has 1 aromatic carbocycles.